The summed E-state index contributed by atoms with van der Waals surface area (Å²) < 4.78 is 11.4. The lowest BCUT2D eigenvalue weighted by molar-refractivity contribution is -0.166. The molecule has 0 aliphatic carbocycles. The van der Waals surface area contributed by atoms with Gasteiger partial charge < -0.3 is 25.4 Å². The maximum Gasteiger partial charge on any atom is 0.119 e. The van der Waals surface area contributed by atoms with Crippen LogP contribution in [-0.2, 0) is 11.2 Å². The molecule has 2 aromatic carbocycles. The number of aliphatic hydroxyl groups is 2. The number of ether oxygens (including phenoxy) is 2. The summed E-state index contributed by atoms with van der Waals surface area (Å²) in [6.07, 6.45) is -1.72. The van der Waals surface area contributed by atoms with E-state index in [4.69, 9.17) is 26.8 Å². The maximum atomic E-state index is 10.1. The van der Waals surface area contributed by atoms with Crippen molar-refractivity contribution in [1.82, 2.24) is 0 Å². The van der Waals surface area contributed by atoms with E-state index in [0.717, 1.165) is 22.4 Å². The lowest BCUT2D eigenvalue weighted by Gasteiger charge is -2.37. The number of aliphatic hydroxyl groups excluding tert-OH is 2. The zero-order chi connectivity index (χ0) is 19.4. The van der Waals surface area contributed by atoms with E-state index >= 15 is 0 Å². The Kier molecular flexibility index (Phi) is 6.73. The normalized spacial score (nSPS) is 25.4. The first-order valence-electron chi connectivity index (χ1n) is 9.23. The molecule has 146 valence electrons. The van der Waals surface area contributed by atoms with Crippen LogP contribution in [0.25, 0.3) is 0 Å². The van der Waals surface area contributed by atoms with Gasteiger partial charge in [0.2, 0.25) is 0 Å². The molecule has 3 rings (SSSR count). The Morgan fingerprint density at radius 3 is 2.59 bits per heavy atom. The quantitative estimate of drug-likeness (QED) is 0.705. The second kappa shape index (κ2) is 9.04. The molecule has 0 amide bonds. The standard InChI is InChI=1S/C21H26ClNO4/c1-2-26-16-6-3-13(4-7-16)9-15-10-14(5-8-17(15)22)19-11-18(24)21(25)20(12-23)27-19/h3-8,10,18-21,24-25H,2,9,11-12,23H2,1H3/t18-,19-,20-,21+/m1/s1. The lowest BCUT2D eigenvalue weighted by atomic mass is 9.92. The summed E-state index contributed by atoms with van der Waals surface area (Å²) in [6, 6.07) is 13.7. The Labute approximate surface area is 164 Å². The van der Waals surface area contributed by atoms with Crippen LogP contribution in [0.5, 0.6) is 5.75 Å². The van der Waals surface area contributed by atoms with Crippen molar-refractivity contribution in [2.45, 2.75) is 44.2 Å². The molecule has 0 spiro atoms. The molecule has 0 aromatic heterocycles. The van der Waals surface area contributed by atoms with Gasteiger partial charge in [-0.15, -0.1) is 0 Å². The van der Waals surface area contributed by atoms with E-state index in [9.17, 15) is 10.2 Å². The Balaban J connectivity index is 1.78. The second-order valence-corrected chi connectivity index (χ2v) is 7.20. The number of nitrogens with two attached hydrogens (primary N) is 1. The zero-order valence-corrected chi connectivity index (χ0v) is 16.1. The van der Waals surface area contributed by atoms with Crippen LogP contribution in [0.3, 0.4) is 0 Å². The highest BCUT2D eigenvalue weighted by Gasteiger charge is 2.36. The molecule has 5 nitrogen and oxygen atoms in total. The van der Waals surface area contributed by atoms with Gasteiger partial charge in [-0.3, -0.25) is 0 Å². The third kappa shape index (κ3) is 4.81. The third-order valence-corrected chi connectivity index (χ3v) is 5.24. The first-order valence-corrected chi connectivity index (χ1v) is 9.61. The molecule has 0 radical (unpaired) electrons. The van der Waals surface area contributed by atoms with E-state index in [-0.39, 0.29) is 12.6 Å². The predicted molar refractivity (Wildman–Crippen MR) is 105 cm³/mol. The topological polar surface area (TPSA) is 84.9 Å². The van der Waals surface area contributed by atoms with Crippen LogP contribution in [0.2, 0.25) is 5.02 Å². The van der Waals surface area contributed by atoms with Crippen molar-refractivity contribution >= 4 is 11.6 Å². The van der Waals surface area contributed by atoms with Crippen LogP contribution in [0.4, 0.5) is 0 Å². The molecule has 1 saturated heterocycles. The highest BCUT2D eigenvalue weighted by molar-refractivity contribution is 6.31. The van der Waals surface area contributed by atoms with Crippen molar-refractivity contribution in [2.24, 2.45) is 5.73 Å². The van der Waals surface area contributed by atoms with Gasteiger partial charge in [0.1, 0.15) is 11.9 Å². The van der Waals surface area contributed by atoms with Crippen LogP contribution < -0.4 is 10.5 Å². The largest absolute Gasteiger partial charge is 0.494 e. The molecule has 0 unspecified atom stereocenters. The monoisotopic (exact) mass is 391 g/mol. The molecule has 2 aromatic rings. The summed E-state index contributed by atoms with van der Waals surface area (Å²) in [6.45, 7) is 2.75. The molecule has 0 saturated carbocycles. The molecule has 1 aliphatic rings. The van der Waals surface area contributed by atoms with Crippen molar-refractivity contribution in [3.63, 3.8) is 0 Å². The average Bonchev–Trinajstić information content (AvgIpc) is 2.67. The van der Waals surface area contributed by atoms with Gasteiger partial charge in [0.15, 0.2) is 0 Å². The molecule has 4 atom stereocenters. The fourth-order valence-corrected chi connectivity index (χ4v) is 3.57. The lowest BCUT2D eigenvalue weighted by Crippen LogP contribution is -2.48. The Morgan fingerprint density at radius 2 is 1.93 bits per heavy atom. The van der Waals surface area contributed by atoms with Gasteiger partial charge in [-0.1, -0.05) is 35.9 Å². The smallest absolute Gasteiger partial charge is 0.119 e. The molecule has 1 fully saturated rings. The second-order valence-electron chi connectivity index (χ2n) is 6.80. The number of hydrogen-bond acceptors (Lipinski definition) is 5. The molecular weight excluding hydrogens is 366 g/mol. The highest BCUT2D eigenvalue weighted by atomic mass is 35.5. The number of benzene rings is 2. The van der Waals surface area contributed by atoms with Crippen LogP contribution >= 0.6 is 11.6 Å². The van der Waals surface area contributed by atoms with Crippen LogP contribution in [0.15, 0.2) is 42.5 Å². The van der Waals surface area contributed by atoms with E-state index in [1.165, 1.54) is 0 Å². The molecule has 0 bridgehead atoms. The Hall–Kier alpha value is -1.63. The highest BCUT2D eigenvalue weighted by Crippen LogP contribution is 2.34. The van der Waals surface area contributed by atoms with E-state index in [2.05, 4.69) is 0 Å². The van der Waals surface area contributed by atoms with Gasteiger partial charge >= 0.3 is 0 Å². The molecule has 27 heavy (non-hydrogen) atoms. The van der Waals surface area contributed by atoms with E-state index < -0.39 is 18.3 Å². The molecule has 1 aliphatic heterocycles. The van der Waals surface area contributed by atoms with Gasteiger partial charge in [0.25, 0.3) is 0 Å². The SMILES string of the molecule is CCOc1ccc(Cc2cc([C@H]3C[C@@H](O)[C@H](O)[C@@H](CN)O3)ccc2Cl)cc1. The minimum Gasteiger partial charge on any atom is -0.494 e. The first kappa shape index (κ1) is 20.1. The van der Waals surface area contributed by atoms with Gasteiger partial charge in [-0.25, -0.2) is 0 Å². The summed E-state index contributed by atoms with van der Waals surface area (Å²) in [5.74, 6) is 0.845. The molecular formula is C21H26ClNO4. The number of rotatable bonds is 6. The van der Waals surface area contributed by atoms with E-state index in [1.54, 1.807) is 0 Å². The Bertz CT molecular complexity index is 752. The van der Waals surface area contributed by atoms with Crippen molar-refractivity contribution in [2.75, 3.05) is 13.2 Å². The van der Waals surface area contributed by atoms with Gasteiger partial charge in [-0.2, -0.15) is 0 Å². The number of hydrogen-bond donors (Lipinski definition) is 3. The number of halogens is 1. The van der Waals surface area contributed by atoms with Gasteiger partial charge in [0, 0.05) is 18.0 Å². The molecule has 4 N–H and O–H groups in total. The van der Waals surface area contributed by atoms with Gasteiger partial charge in [0.05, 0.1) is 24.9 Å². The van der Waals surface area contributed by atoms with Crippen LogP contribution in [0, 0.1) is 0 Å². The van der Waals surface area contributed by atoms with E-state index in [0.29, 0.717) is 24.5 Å². The predicted octanol–water partition coefficient (Wildman–Crippen LogP) is 2.84. The fourth-order valence-electron chi connectivity index (χ4n) is 3.38. The molecule has 1 heterocycles. The zero-order valence-electron chi connectivity index (χ0n) is 15.3. The maximum absolute atomic E-state index is 10.1. The summed E-state index contributed by atoms with van der Waals surface area (Å²) in [5.41, 5.74) is 8.68. The fraction of sp³-hybridized carbons (Fsp3) is 0.429. The molecule has 6 heteroatoms. The van der Waals surface area contributed by atoms with E-state index in [1.807, 2.05) is 49.4 Å². The van der Waals surface area contributed by atoms with Crippen LogP contribution in [-0.4, -0.2) is 41.7 Å². The summed E-state index contributed by atoms with van der Waals surface area (Å²) in [7, 11) is 0. The summed E-state index contributed by atoms with van der Waals surface area (Å²) >= 11 is 6.40. The van der Waals surface area contributed by atoms with Crippen molar-refractivity contribution in [3.8, 4) is 5.75 Å². The Morgan fingerprint density at radius 1 is 1.19 bits per heavy atom. The van der Waals surface area contributed by atoms with Crippen molar-refractivity contribution < 1.29 is 19.7 Å². The average molecular weight is 392 g/mol. The minimum absolute atomic E-state index is 0.154. The summed E-state index contributed by atoms with van der Waals surface area (Å²) in [5, 5.41) is 20.8. The van der Waals surface area contributed by atoms with Crippen LogP contribution in [0.1, 0.15) is 36.1 Å². The van der Waals surface area contributed by atoms with Crippen molar-refractivity contribution in [1.29, 1.82) is 0 Å². The first-order chi connectivity index (χ1) is 13.0. The van der Waals surface area contributed by atoms with Crippen molar-refractivity contribution in [3.05, 3.63) is 64.2 Å². The third-order valence-electron chi connectivity index (χ3n) is 4.87. The van der Waals surface area contributed by atoms with Gasteiger partial charge in [-0.05, 0) is 48.2 Å². The minimum atomic E-state index is -0.957. The summed E-state index contributed by atoms with van der Waals surface area (Å²) in [4.78, 5) is 0.